The molecule has 0 radical (unpaired) electrons. The highest BCUT2D eigenvalue weighted by atomic mass is 32.2. The number of carbonyl (C=O) groups excluding carboxylic acids is 1. The summed E-state index contributed by atoms with van der Waals surface area (Å²) in [6.07, 6.45) is 2.57. The average molecular weight is 425 g/mol. The Morgan fingerprint density at radius 1 is 0.893 bits per heavy atom. The van der Waals surface area contributed by atoms with Gasteiger partial charge in [-0.25, -0.2) is 0 Å². The molecule has 0 aliphatic heterocycles. The summed E-state index contributed by atoms with van der Waals surface area (Å²) in [6.45, 7) is 3.34. The lowest BCUT2D eigenvalue weighted by atomic mass is 10.1. The van der Waals surface area contributed by atoms with Gasteiger partial charge in [0.25, 0.3) is 20.2 Å². The van der Waals surface area contributed by atoms with E-state index in [0.717, 1.165) is 6.07 Å². The number of amides is 1. The van der Waals surface area contributed by atoms with Crippen molar-refractivity contribution in [2.75, 3.05) is 5.32 Å². The first-order valence-corrected chi connectivity index (χ1v) is 10.9. The molecule has 3 N–H and O–H groups in total. The molecule has 2 aromatic rings. The van der Waals surface area contributed by atoms with E-state index in [-0.39, 0.29) is 33.5 Å². The molecule has 0 heterocycles. The van der Waals surface area contributed by atoms with Gasteiger partial charge in [0.1, 0.15) is 9.79 Å². The second-order valence-electron chi connectivity index (χ2n) is 6.22. The molecule has 0 unspecified atom stereocenters. The minimum Gasteiger partial charge on any atom is -0.326 e. The molecule has 0 bridgehead atoms. The van der Waals surface area contributed by atoms with Crippen molar-refractivity contribution in [3.8, 4) is 0 Å². The molecule has 0 spiro atoms. The molecule has 0 saturated heterocycles. The van der Waals surface area contributed by atoms with Crippen LogP contribution in [0.15, 0.2) is 52.3 Å². The van der Waals surface area contributed by atoms with E-state index < -0.39 is 25.1 Å². The van der Waals surface area contributed by atoms with Gasteiger partial charge in [-0.3, -0.25) is 13.9 Å². The predicted molar refractivity (Wildman–Crippen MR) is 105 cm³/mol. The van der Waals surface area contributed by atoms with Gasteiger partial charge in [-0.2, -0.15) is 16.8 Å². The normalized spacial score (nSPS) is 12.5. The molecular weight excluding hydrogens is 406 g/mol. The first-order valence-electron chi connectivity index (χ1n) is 8.06. The molecule has 0 aliphatic rings. The third kappa shape index (κ3) is 5.49. The van der Waals surface area contributed by atoms with Gasteiger partial charge in [0.15, 0.2) is 0 Å². The van der Waals surface area contributed by atoms with Crippen molar-refractivity contribution in [2.45, 2.75) is 23.6 Å². The van der Waals surface area contributed by atoms with Crippen LogP contribution >= 0.6 is 0 Å². The minimum atomic E-state index is -4.63. The van der Waals surface area contributed by atoms with Crippen LogP contribution < -0.4 is 5.32 Å². The summed E-state index contributed by atoms with van der Waals surface area (Å²) in [5, 5.41) is 2.53. The molecule has 28 heavy (non-hydrogen) atoms. The molecule has 2 rings (SSSR count). The maximum Gasteiger partial charge on any atom is 0.295 e. The molecule has 0 saturated carbocycles. The quantitative estimate of drug-likeness (QED) is 0.478. The van der Waals surface area contributed by atoms with E-state index in [0.29, 0.717) is 0 Å². The van der Waals surface area contributed by atoms with Crippen molar-refractivity contribution < 1.29 is 30.7 Å². The van der Waals surface area contributed by atoms with Crippen LogP contribution in [0, 0.1) is 5.92 Å². The van der Waals surface area contributed by atoms with Crippen LogP contribution in [0.4, 0.5) is 5.69 Å². The van der Waals surface area contributed by atoms with E-state index >= 15 is 0 Å². The lowest BCUT2D eigenvalue weighted by Crippen LogP contribution is -2.18. The molecule has 10 heteroatoms. The van der Waals surface area contributed by atoms with Gasteiger partial charge in [-0.1, -0.05) is 50.3 Å². The Balaban J connectivity index is 2.50. The van der Waals surface area contributed by atoms with Crippen LogP contribution in [0.1, 0.15) is 25.0 Å². The fraction of sp³-hybridized carbons (Fsp3) is 0.167. The van der Waals surface area contributed by atoms with Crippen molar-refractivity contribution in [1.29, 1.82) is 0 Å². The molecule has 150 valence electrons. The van der Waals surface area contributed by atoms with Crippen LogP contribution in [0.25, 0.3) is 12.2 Å². The first kappa shape index (κ1) is 21.8. The Morgan fingerprint density at radius 3 is 1.96 bits per heavy atom. The molecule has 1 amide bonds. The summed E-state index contributed by atoms with van der Waals surface area (Å²) in [4.78, 5) is 11.0. The highest BCUT2D eigenvalue weighted by molar-refractivity contribution is 7.86. The predicted octanol–water partition coefficient (Wildman–Crippen LogP) is 2.94. The summed E-state index contributed by atoms with van der Waals surface area (Å²) in [7, 11) is -9.10. The Kier molecular flexibility index (Phi) is 6.40. The summed E-state index contributed by atoms with van der Waals surface area (Å²) >= 11 is 0. The van der Waals surface area contributed by atoms with Crippen LogP contribution in [0.5, 0.6) is 0 Å². The van der Waals surface area contributed by atoms with Crippen molar-refractivity contribution >= 4 is 44.0 Å². The number of rotatable bonds is 6. The van der Waals surface area contributed by atoms with Gasteiger partial charge in [0.05, 0.1) is 0 Å². The molecule has 0 aliphatic carbocycles. The van der Waals surface area contributed by atoms with Gasteiger partial charge < -0.3 is 5.32 Å². The van der Waals surface area contributed by atoms with E-state index in [2.05, 4.69) is 5.32 Å². The van der Waals surface area contributed by atoms with Gasteiger partial charge in [0, 0.05) is 11.6 Å². The van der Waals surface area contributed by atoms with Crippen molar-refractivity contribution in [3.63, 3.8) is 0 Å². The Hall–Kier alpha value is -2.53. The smallest absolute Gasteiger partial charge is 0.295 e. The Bertz CT molecular complexity index is 1130. The molecule has 0 fully saturated rings. The number of hydrogen-bond donors (Lipinski definition) is 3. The number of hydrogen-bond acceptors (Lipinski definition) is 5. The lowest BCUT2D eigenvalue weighted by molar-refractivity contribution is -0.118. The maximum atomic E-state index is 11.8. The zero-order valence-electron chi connectivity index (χ0n) is 15.0. The largest absolute Gasteiger partial charge is 0.326 e. The zero-order valence-corrected chi connectivity index (χ0v) is 16.7. The molecule has 0 atom stereocenters. The average Bonchev–Trinajstić information content (AvgIpc) is 2.59. The van der Waals surface area contributed by atoms with Crippen LogP contribution in [-0.2, 0) is 25.0 Å². The van der Waals surface area contributed by atoms with Gasteiger partial charge in [0.2, 0.25) is 5.91 Å². The zero-order chi connectivity index (χ0) is 21.1. The second-order valence-corrected chi connectivity index (χ2v) is 9.00. The highest BCUT2D eigenvalue weighted by Crippen LogP contribution is 2.24. The first-order chi connectivity index (χ1) is 12.9. The van der Waals surface area contributed by atoms with Crippen molar-refractivity contribution in [3.05, 3.63) is 53.6 Å². The third-order valence-electron chi connectivity index (χ3n) is 3.72. The number of carbonyl (C=O) groups is 1. The minimum absolute atomic E-state index is 0.0650. The van der Waals surface area contributed by atoms with Crippen LogP contribution in [0.3, 0.4) is 0 Å². The van der Waals surface area contributed by atoms with Crippen molar-refractivity contribution in [1.82, 2.24) is 0 Å². The summed E-state index contributed by atoms with van der Waals surface area (Å²) < 4.78 is 65.1. The van der Waals surface area contributed by atoms with E-state index in [1.165, 1.54) is 42.5 Å². The van der Waals surface area contributed by atoms with E-state index in [1.54, 1.807) is 19.9 Å². The van der Waals surface area contributed by atoms with Gasteiger partial charge >= 0.3 is 0 Å². The molecule has 0 aromatic heterocycles. The summed E-state index contributed by atoms with van der Waals surface area (Å²) in [5.41, 5.74) is 0.375. The van der Waals surface area contributed by atoms with Gasteiger partial charge in [-0.05, 0) is 29.3 Å². The second kappa shape index (κ2) is 8.23. The van der Waals surface area contributed by atoms with Crippen LogP contribution in [-0.4, -0.2) is 31.8 Å². The van der Waals surface area contributed by atoms with E-state index in [1.807, 2.05) is 0 Å². The van der Waals surface area contributed by atoms with Gasteiger partial charge in [-0.15, -0.1) is 0 Å². The van der Waals surface area contributed by atoms with E-state index in [9.17, 15) is 30.7 Å². The highest BCUT2D eigenvalue weighted by Gasteiger charge is 2.17. The third-order valence-corrected chi connectivity index (χ3v) is 5.56. The lowest BCUT2D eigenvalue weighted by Gasteiger charge is -2.10. The Morgan fingerprint density at radius 2 is 1.43 bits per heavy atom. The number of nitrogens with one attached hydrogen (secondary N) is 1. The topological polar surface area (TPSA) is 138 Å². The van der Waals surface area contributed by atoms with Crippen molar-refractivity contribution in [2.24, 2.45) is 5.92 Å². The standard InChI is InChI=1S/C18H19NO7S2/c1-12(2)18(20)19-15-10-9-14(17(11-15)28(24,25)26)8-7-13-5-3-4-6-16(13)27(21,22)23/h3-12H,1-2H3,(H,19,20)(H,21,22,23)(H,24,25,26). The molecule has 8 nitrogen and oxygen atoms in total. The van der Waals surface area contributed by atoms with Crippen LogP contribution in [0.2, 0.25) is 0 Å². The molecular formula is C18H19NO7S2. The number of anilines is 1. The molecule has 2 aromatic carbocycles. The monoisotopic (exact) mass is 425 g/mol. The SMILES string of the molecule is CC(C)C(=O)Nc1ccc(C=Cc2ccccc2S(=O)(=O)O)c(S(=O)(=O)O)c1. The maximum absolute atomic E-state index is 11.8. The van der Waals surface area contributed by atoms with E-state index in [4.69, 9.17) is 0 Å². The Labute approximate surface area is 163 Å². The summed E-state index contributed by atoms with van der Waals surface area (Å²) in [6, 6.07) is 9.49. The number of benzene rings is 2. The fourth-order valence-corrected chi connectivity index (χ4v) is 3.69. The fourth-order valence-electron chi connectivity index (χ4n) is 2.29. The summed E-state index contributed by atoms with van der Waals surface area (Å²) in [5.74, 6) is -0.655.